The smallest absolute Gasteiger partial charge is 0.335 e. The van der Waals surface area contributed by atoms with Crippen molar-refractivity contribution < 1.29 is 14.6 Å². The molecule has 3 nitrogen and oxygen atoms in total. The van der Waals surface area contributed by atoms with E-state index in [1.54, 1.807) is 12.1 Å². The van der Waals surface area contributed by atoms with Crippen LogP contribution >= 0.6 is 0 Å². The number of carboxylic acid groups (broad SMARTS) is 1. The van der Waals surface area contributed by atoms with Gasteiger partial charge in [-0.15, -0.1) is 0 Å². The number of hydrogen-bond donors (Lipinski definition) is 1. The summed E-state index contributed by atoms with van der Waals surface area (Å²) in [7, 11) is 0. The van der Waals surface area contributed by atoms with Crippen LogP contribution in [0.15, 0.2) is 18.2 Å². The Morgan fingerprint density at radius 3 is 2.72 bits per heavy atom. The molecule has 1 N–H and O–H groups in total. The molecule has 1 fully saturated rings. The highest BCUT2D eigenvalue weighted by molar-refractivity contribution is 5.87. The van der Waals surface area contributed by atoms with Crippen LogP contribution in [-0.2, 0) is 11.3 Å². The normalized spacial score (nSPS) is 16.1. The van der Waals surface area contributed by atoms with Gasteiger partial charge in [-0.05, 0) is 48.9 Å². The van der Waals surface area contributed by atoms with Crippen molar-refractivity contribution in [3.8, 4) is 0 Å². The van der Waals surface area contributed by atoms with Crippen LogP contribution < -0.4 is 0 Å². The number of ether oxygens (including phenoxy) is 1. The molecule has 0 atom stereocenters. The molecule has 1 saturated carbocycles. The fourth-order valence-electron chi connectivity index (χ4n) is 2.50. The minimum absolute atomic E-state index is 0.340. The van der Waals surface area contributed by atoms with Crippen molar-refractivity contribution in [2.75, 3.05) is 6.61 Å². The Labute approximate surface area is 108 Å². The molecule has 0 spiro atoms. The first kappa shape index (κ1) is 13.1. The average Bonchev–Trinajstić information content (AvgIpc) is 2.84. The minimum Gasteiger partial charge on any atom is -0.478 e. The Morgan fingerprint density at radius 2 is 2.11 bits per heavy atom. The Balaban J connectivity index is 1.87. The molecule has 0 aromatic heterocycles. The standard InChI is InChI=1S/C15H20O3/c1-11-8-13(15(16)17)6-7-14(11)10-18-9-12-4-2-3-5-12/h6-8,12H,2-5,9-10H2,1H3,(H,16,17). The molecule has 0 aliphatic heterocycles. The number of aromatic carboxylic acids is 1. The number of benzene rings is 1. The predicted molar refractivity (Wildman–Crippen MR) is 69.8 cm³/mol. The van der Waals surface area contributed by atoms with E-state index >= 15 is 0 Å². The van der Waals surface area contributed by atoms with Gasteiger partial charge in [-0.25, -0.2) is 4.79 Å². The summed E-state index contributed by atoms with van der Waals surface area (Å²) >= 11 is 0. The monoisotopic (exact) mass is 248 g/mol. The van der Waals surface area contributed by atoms with E-state index in [0.717, 1.165) is 23.7 Å². The van der Waals surface area contributed by atoms with Crippen LogP contribution in [0.5, 0.6) is 0 Å². The third-order valence-electron chi connectivity index (χ3n) is 3.68. The van der Waals surface area contributed by atoms with Crippen molar-refractivity contribution in [3.63, 3.8) is 0 Å². The van der Waals surface area contributed by atoms with Gasteiger partial charge in [-0.3, -0.25) is 0 Å². The summed E-state index contributed by atoms with van der Waals surface area (Å²) in [6.45, 7) is 3.35. The summed E-state index contributed by atoms with van der Waals surface area (Å²) in [4.78, 5) is 10.8. The maximum Gasteiger partial charge on any atom is 0.335 e. The fraction of sp³-hybridized carbons (Fsp3) is 0.533. The first-order valence-corrected chi connectivity index (χ1v) is 6.57. The number of rotatable bonds is 5. The summed E-state index contributed by atoms with van der Waals surface area (Å²) in [5.74, 6) is -0.153. The van der Waals surface area contributed by atoms with Gasteiger partial charge in [-0.1, -0.05) is 18.9 Å². The molecule has 3 heteroatoms. The number of hydrogen-bond acceptors (Lipinski definition) is 2. The highest BCUT2D eigenvalue weighted by Gasteiger charge is 2.15. The average molecular weight is 248 g/mol. The molecular weight excluding hydrogens is 228 g/mol. The van der Waals surface area contributed by atoms with Gasteiger partial charge in [0.15, 0.2) is 0 Å². The Hall–Kier alpha value is -1.35. The van der Waals surface area contributed by atoms with Crippen LogP contribution in [0.4, 0.5) is 0 Å². The van der Waals surface area contributed by atoms with Gasteiger partial charge in [0.05, 0.1) is 12.2 Å². The molecule has 0 bridgehead atoms. The summed E-state index contributed by atoms with van der Waals surface area (Å²) in [5, 5.41) is 8.89. The third-order valence-corrected chi connectivity index (χ3v) is 3.68. The summed E-state index contributed by atoms with van der Waals surface area (Å²) in [5.41, 5.74) is 2.41. The van der Waals surface area contributed by atoms with Gasteiger partial charge in [0.25, 0.3) is 0 Å². The zero-order valence-corrected chi connectivity index (χ0v) is 10.8. The van der Waals surface area contributed by atoms with Crippen LogP contribution in [0.1, 0.15) is 47.2 Å². The third kappa shape index (κ3) is 3.33. The predicted octanol–water partition coefficient (Wildman–Crippen LogP) is 3.40. The molecule has 0 radical (unpaired) electrons. The fourth-order valence-corrected chi connectivity index (χ4v) is 2.50. The lowest BCUT2D eigenvalue weighted by Crippen LogP contribution is -2.06. The largest absolute Gasteiger partial charge is 0.478 e. The second-order valence-corrected chi connectivity index (χ2v) is 5.11. The SMILES string of the molecule is Cc1cc(C(=O)O)ccc1COCC1CCCC1. The maximum absolute atomic E-state index is 10.8. The highest BCUT2D eigenvalue weighted by atomic mass is 16.5. The second kappa shape index (κ2) is 6.01. The van der Waals surface area contributed by atoms with Crippen LogP contribution in [0, 0.1) is 12.8 Å². The summed E-state index contributed by atoms with van der Waals surface area (Å²) < 4.78 is 5.74. The molecule has 98 valence electrons. The van der Waals surface area contributed by atoms with E-state index in [2.05, 4.69) is 0 Å². The summed E-state index contributed by atoms with van der Waals surface area (Å²) in [6.07, 6.45) is 5.24. The zero-order chi connectivity index (χ0) is 13.0. The molecule has 2 rings (SSSR count). The Kier molecular flexibility index (Phi) is 4.37. The van der Waals surface area contributed by atoms with Gasteiger partial charge in [0.2, 0.25) is 0 Å². The molecule has 1 aromatic rings. The van der Waals surface area contributed by atoms with E-state index in [0.29, 0.717) is 12.2 Å². The lowest BCUT2D eigenvalue weighted by Gasteiger charge is -2.11. The van der Waals surface area contributed by atoms with E-state index in [4.69, 9.17) is 9.84 Å². The molecular formula is C15H20O3. The van der Waals surface area contributed by atoms with E-state index < -0.39 is 5.97 Å². The Morgan fingerprint density at radius 1 is 1.39 bits per heavy atom. The molecule has 1 aliphatic carbocycles. The van der Waals surface area contributed by atoms with Crippen molar-refractivity contribution in [1.82, 2.24) is 0 Å². The van der Waals surface area contributed by atoms with Crippen molar-refractivity contribution in [2.45, 2.75) is 39.2 Å². The first-order chi connectivity index (χ1) is 8.66. The molecule has 1 aliphatic rings. The topological polar surface area (TPSA) is 46.5 Å². The van der Waals surface area contributed by atoms with Gasteiger partial charge >= 0.3 is 5.97 Å². The van der Waals surface area contributed by atoms with Crippen LogP contribution in [0.25, 0.3) is 0 Å². The van der Waals surface area contributed by atoms with E-state index in [1.807, 2.05) is 13.0 Å². The Bertz CT molecular complexity index is 420. The van der Waals surface area contributed by atoms with Gasteiger partial charge in [0.1, 0.15) is 0 Å². The molecule has 0 saturated heterocycles. The second-order valence-electron chi connectivity index (χ2n) is 5.11. The first-order valence-electron chi connectivity index (χ1n) is 6.57. The maximum atomic E-state index is 10.8. The molecule has 0 heterocycles. The number of carboxylic acids is 1. The van der Waals surface area contributed by atoms with Gasteiger partial charge in [0, 0.05) is 6.61 Å². The zero-order valence-electron chi connectivity index (χ0n) is 10.8. The lowest BCUT2D eigenvalue weighted by atomic mass is 10.1. The molecule has 18 heavy (non-hydrogen) atoms. The summed E-state index contributed by atoms with van der Waals surface area (Å²) in [6, 6.07) is 5.20. The van der Waals surface area contributed by atoms with E-state index in [-0.39, 0.29) is 0 Å². The number of carbonyl (C=O) groups is 1. The van der Waals surface area contributed by atoms with Crippen molar-refractivity contribution in [2.24, 2.45) is 5.92 Å². The quantitative estimate of drug-likeness (QED) is 0.868. The van der Waals surface area contributed by atoms with Gasteiger partial charge in [-0.2, -0.15) is 0 Å². The minimum atomic E-state index is -0.878. The van der Waals surface area contributed by atoms with Crippen LogP contribution in [-0.4, -0.2) is 17.7 Å². The van der Waals surface area contributed by atoms with Crippen molar-refractivity contribution >= 4 is 5.97 Å². The highest BCUT2D eigenvalue weighted by Crippen LogP contribution is 2.25. The van der Waals surface area contributed by atoms with E-state index in [1.165, 1.54) is 25.7 Å². The molecule has 0 unspecified atom stereocenters. The van der Waals surface area contributed by atoms with E-state index in [9.17, 15) is 4.79 Å². The van der Waals surface area contributed by atoms with Gasteiger partial charge < -0.3 is 9.84 Å². The van der Waals surface area contributed by atoms with Crippen LogP contribution in [0.2, 0.25) is 0 Å². The van der Waals surface area contributed by atoms with Crippen molar-refractivity contribution in [1.29, 1.82) is 0 Å². The number of aryl methyl sites for hydroxylation is 1. The molecule has 1 aromatic carbocycles. The molecule has 0 amide bonds. The van der Waals surface area contributed by atoms with Crippen molar-refractivity contribution in [3.05, 3.63) is 34.9 Å². The lowest BCUT2D eigenvalue weighted by molar-refractivity contribution is 0.0696. The van der Waals surface area contributed by atoms with Crippen LogP contribution in [0.3, 0.4) is 0 Å².